The van der Waals surface area contributed by atoms with Gasteiger partial charge in [0.15, 0.2) is 0 Å². The van der Waals surface area contributed by atoms with E-state index in [1.165, 1.54) is 10.6 Å². The van der Waals surface area contributed by atoms with Gasteiger partial charge in [-0.15, -0.1) is 0 Å². The minimum absolute atomic E-state index is 0.147. The molecule has 2 aromatic carbocycles. The van der Waals surface area contributed by atoms with Crippen LogP contribution in [0.2, 0.25) is 0 Å². The lowest BCUT2D eigenvalue weighted by Crippen LogP contribution is -2.41. The van der Waals surface area contributed by atoms with Crippen molar-refractivity contribution < 1.29 is 0 Å². The molecule has 0 spiro atoms. The van der Waals surface area contributed by atoms with Gasteiger partial charge in [0.1, 0.15) is 6.54 Å². The molecule has 0 amide bonds. The number of benzene rings is 2. The SMILES string of the molecule is CCCc1cc(=O)n(CC#N)c(=O)n1Cc1c(C#N)cccc1-c1ccccc1. The van der Waals surface area contributed by atoms with Gasteiger partial charge in [0.05, 0.1) is 24.2 Å². The van der Waals surface area contributed by atoms with Crippen LogP contribution in [0.3, 0.4) is 0 Å². The summed E-state index contributed by atoms with van der Waals surface area (Å²) in [5.41, 5.74) is 2.57. The molecule has 0 radical (unpaired) electrons. The van der Waals surface area contributed by atoms with Crippen molar-refractivity contribution in [2.75, 3.05) is 0 Å². The highest BCUT2D eigenvalue weighted by molar-refractivity contribution is 5.70. The molecule has 0 atom stereocenters. The van der Waals surface area contributed by atoms with Gasteiger partial charge in [-0.05, 0) is 29.2 Å². The van der Waals surface area contributed by atoms with E-state index >= 15 is 0 Å². The molecule has 0 aliphatic carbocycles. The van der Waals surface area contributed by atoms with Gasteiger partial charge >= 0.3 is 5.69 Å². The third-order valence-electron chi connectivity index (χ3n) is 4.80. The number of rotatable bonds is 6. The highest BCUT2D eigenvalue weighted by atomic mass is 16.2. The first-order valence-corrected chi connectivity index (χ1v) is 9.38. The van der Waals surface area contributed by atoms with Gasteiger partial charge in [0.25, 0.3) is 5.56 Å². The monoisotopic (exact) mass is 384 g/mol. The molecular weight excluding hydrogens is 364 g/mol. The lowest BCUT2D eigenvalue weighted by molar-refractivity contribution is 0.589. The summed E-state index contributed by atoms with van der Waals surface area (Å²) in [6, 6.07) is 20.6. The smallest absolute Gasteiger partial charge is 0.293 e. The van der Waals surface area contributed by atoms with E-state index in [-0.39, 0.29) is 13.1 Å². The summed E-state index contributed by atoms with van der Waals surface area (Å²) in [6.45, 7) is 1.80. The molecule has 0 fully saturated rings. The first kappa shape index (κ1) is 19.9. The van der Waals surface area contributed by atoms with Crippen molar-refractivity contribution in [3.63, 3.8) is 0 Å². The maximum absolute atomic E-state index is 13.0. The normalized spacial score (nSPS) is 10.3. The second-order valence-corrected chi connectivity index (χ2v) is 6.65. The van der Waals surface area contributed by atoms with Crippen molar-refractivity contribution in [2.24, 2.45) is 0 Å². The lowest BCUT2D eigenvalue weighted by Gasteiger charge is -2.17. The summed E-state index contributed by atoms with van der Waals surface area (Å²) in [7, 11) is 0. The molecule has 1 aromatic heterocycles. The van der Waals surface area contributed by atoms with E-state index in [0.717, 1.165) is 22.1 Å². The number of hydrogen-bond acceptors (Lipinski definition) is 4. The molecular formula is C23H20N4O2. The topological polar surface area (TPSA) is 91.6 Å². The Bertz CT molecular complexity index is 1220. The number of aryl methyl sites for hydroxylation is 1. The Balaban J connectivity index is 2.25. The fourth-order valence-electron chi connectivity index (χ4n) is 3.42. The summed E-state index contributed by atoms with van der Waals surface area (Å²) < 4.78 is 2.43. The summed E-state index contributed by atoms with van der Waals surface area (Å²) in [4.78, 5) is 25.3. The second-order valence-electron chi connectivity index (χ2n) is 6.65. The molecule has 1 heterocycles. The third-order valence-corrected chi connectivity index (χ3v) is 4.80. The molecule has 6 nitrogen and oxygen atoms in total. The summed E-state index contributed by atoms with van der Waals surface area (Å²) in [5.74, 6) is 0. The second kappa shape index (κ2) is 8.86. The average molecular weight is 384 g/mol. The van der Waals surface area contributed by atoms with E-state index in [0.29, 0.717) is 23.2 Å². The summed E-state index contributed by atoms with van der Waals surface area (Å²) in [6.07, 6.45) is 1.31. The van der Waals surface area contributed by atoms with Crippen LogP contribution in [0.25, 0.3) is 11.1 Å². The standard InChI is InChI=1S/C23H20N4O2/c1-2-7-19-14-22(28)26(13-12-24)23(29)27(19)16-21-18(15-25)10-6-11-20(21)17-8-4-3-5-9-17/h3-6,8-11,14H,2,7,13,16H2,1H3. The van der Waals surface area contributed by atoms with Crippen LogP contribution in [0, 0.1) is 22.7 Å². The molecule has 0 saturated carbocycles. The van der Waals surface area contributed by atoms with Gasteiger partial charge in [0.2, 0.25) is 0 Å². The Labute approximate surface area is 168 Å². The zero-order valence-corrected chi connectivity index (χ0v) is 16.1. The molecule has 0 aliphatic rings. The molecule has 29 heavy (non-hydrogen) atoms. The zero-order valence-electron chi connectivity index (χ0n) is 16.1. The first-order chi connectivity index (χ1) is 14.1. The van der Waals surface area contributed by atoms with Crippen LogP contribution in [-0.4, -0.2) is 9.13 Å². The summed E-state index contributed by atoms with van der Waals surface area (Å²) >= 11 is 0. The first-order valence-electron chi connectivity index (χ1n) is 9.38. The number of aromatic nitrogens is 2. The number of nitriles is 2. The maximum Gasteiger partial charge on any atom is 0.332 e. The van der Waals surface area contributed by atoms with Crippen LogP contribution in [0.15, 0.2) is 64.2 Å². The molecule has 0 unspecified atom stereocenters. The predicted octanol–water partition coefficient (Wildman–Crippen LogP) is 3.07. The van der Waals surface area contributed by atoms with Gasteiger partial charge in [-0.1, -0.05) is 55.8 Å². The van der Waals surface area contributed by atoms with E-state index in [1.807, 2.05) is 55.5 Å². The van der Waals surface area contributed by atoms with Crippen LogP contribution >= 0.6 is 0 Å². The molecule has 0 saturated heterocycles. The molecule has 0 aliphatic heterocycles. The molecule has 0 bridgehead atoms. The third kappa shape index (κ3) is 4.02. The fraction of sp³-hybridized carbons (Fsp3) is 0.217. The molecule has 144 valence electrons. The van der Waals surface area contributed by atoms with E-state index in [2.05, 4.69) is 6.07 Å². The zero-order chi connectivity index (χ0) is 20.8. The van der Waals surface area contributed by atoms with Crippen LogP contribution in [0.4, 0.5) is 0 Å². The molecule has 0 N–H and O–H groups in total. The maximum atomic E-state index is 13.0. The quantitative estimate of drug-likeness (QED) is 0.653. The van der Waals surface area contributed by atoms with Gasteiger partial charge < -0.3 is 0 Å². The van der Waals surface area contributed by atoms with Gasteiger partial charge in [-0.2, -0.15) is 10.5 Å². The van der Waals surface area contributed by atoms with Crippen molar-refractivity contribution in [2.45, 2.75) is 32.9 Å². The fourth-order valence-corrected chi connectivity index (χ4v) is 3.42. The van der Waals surface area contributed by atoms with Gasteiger partial charge in [-0.25, -0.2) is 9.36 Å². The van der Waals surface area contributed by atoms with Crippen molar-refractivity contribution in [1.82, 2.24) is 9.13 Å². The Morgan fingerprint density at radius 3 is 2.38 bits per heavy atom. The van der Waals surface area contributed by atoms with Crippen LogP contribution in [0.1, 0.15) is 30.2 Å². The molecule has 6 heteroatoms. The van der Waals surface area contributed by atoms with Crippen LogP contribution in [-0.2, 0) is 19.5 Å². The predicted molar refractivity (Wildman–Crippen MR) is 110 cm³/mol. The Kier molecular flexibility index (Phi) is 6.06. The van der Waals surface area contributed by atoms with Crippen molar-refractivity contribution in [3.05, 3.63) is 92.3 Å². The van der Waals surface area contributed by atoms with Gasteiger partial charge in [0, 0.05) is 11.8 Å². The van der Waals surface area contributed by atoms with Crippen LogP contribution in [0.5, 0.6) is 0 Å². The van der Waals surface area contributed by atoms with Crippen molar-refractivity contribution in [1.29, 1.82) is 10.5 Å². The van der Waals surface area contributed by atoms with E-state index in [4.69, 9.17) is 5.26 Å². The minimum atomic E-state index is -0.533. The van der Waals surface area contributed by atoms with E-state index in [9.17, 15) is 14.9 Å². The molecule has 3 aromatic rings. The Hall–Kier alpha value is -3.90. The number of nitrogens with zero attached hydrogens (tertiary/aromatic N) is 4. The van der Waals surface area contributed by atoms with Crippen molar-refractivity contribution in [3.8, 4) is 23.3 Å². The minimum Gasteiger partial charge on any atom is -0.293 e. The Morgan fingerprint density at radius 2 is 1.72 bits per heavy atom. The van der Waals surface area contributed by atoms with Crippen LogP contribution < -0.4 is 11.2 Å². The average Bonchev–Trinajstić information content (AvgIpc) is 2.74. The largest absolute Gasteiger partial charge is 0.332 e. The highest BCUT2D eigenvalue weighted by Gasteiger charge is 2.16. The van der Waals surface area contributed by atoms with Crippen molar-refractivity contribution >= 4 is 0 Å². The van der Waals surface area contributed by atoms with Gasteiger partial charge in [-0.3, -0.25) is 9.36 Å². The van der Waals surface area contributed by atoms with E-state index in [1.54, 1.807) is 6.07 Å². The highest BCUT2D eigenvalue weighted by Crippen LogP contribution is 2.27. The summed E-state index contributed by atoms with van der Waals surface area (Å²) in [5, 5.41) is 18.7. The number of hydrogen-bond donors (Lipinski definition) is 0. The Morgan fingerprint density at radius 1 is 0.966 bits per heavy atom. The van der Waals surface area contributed by atoms with E-state index < -0.39 is 11.2 Å². The molecule has 3 rings (SSSR count). The lowest BCUT2D eigenvalue weighted by atomic mass is 9.95.